The van der Waals surface area contributed by atoms with E-state index in [9.17, 15) is 0 Å². The van der Waals surface area contributed by atoms with Gasteiger partial charge in [0.15, 0.2) is 0 Å². The van der Waals surface area contributed by atoms with Crippen LogP contribution in [0.3, 0.4) is 0 Å². The second kappa shape index (κ2) is 6.36. The molecule has 4 atom stereocenters. The van der Waals surface area contributed by atoms with Crippen molar-refractivity contribution in [2.24, 2.45) is 41.4 Å². The molecule has 2 nitrogen and oxygen atoms in total. The van der Waals surface area contributed by atoms with E-state index in [2.05, 4.69) is 19.3 Å². The molecule has 3 fully saturated rings. The van der Waals surface area contributed by atoms with E-state index in [0.717, 1.165) is 35.5 Å². The van der Waals surface area contributed by atoms with E-state index in [1.165, 1.54) is 57.8 Å². The summed E-state index contributed by atoms with van der Waals surface area (Å²) in [6.07, 6.45) is 13.1. The van der Waals surface area contributed by atoms with Crippen molar-refractivity contribution < 1.29 is 0 Å². The van der Waals surface area contributed by atoms with E-state index in [1.54, 1.807) is 0 Å². The zero-order chi connectivity index (χ0) is 14.1. The number of fused-ring (bicyclic) bond motifs is 2. The molecule has 0 aliphatic heterocycles. The lowest BCUT2D eigenvalue weighted by molar-refractivity contribution is 0.162. The topological polar surface area (TPSA) is 38.0 Å². The number of hydrogen-bond acceptors (Lipinski definition) is 2. The minimum atomic E-state index is 0.590. The van der Waals surface area contributed by atoms with Crippen LogP contribution in [0.5, 0.6) is 0 Å². The summed E-state index contributed by atoms with van der Waals surface area (Å²) >= 11 is 0. The zero-order valence-corrected chi connectivity index (χ0v) is 13.5. The molecule has 4 unspecified atom stereocenters. The normalized spacial score (nSPS) is 42.3. The third-order valence-corrected chi connectivity index (χ3v) is 6.98. The SMILES string of the molecule is CC(C)C1CCC(C(CC2CC3CCC2C3)NN)CC1. The molecule has 3 N–H and O–H groups in total. The van der Waals surface area contributed by atoms with E-state index in [0.29, 0.717) is 6.04 Å². The van der Waals surface area contributed by atoms with Crippen LogP contribution in [0, 0.1) is 35.5 Å². The summed E-state index contributed by atoms with van der Waals surface area (Å²) < 4.78 is 0. The van der Waals surface area contributed by atoms with Crippen LogP contribution in [0.1, 0.15) is 71.6 Å². The van der Waals surface area contributed by atoms with Gasteiger partial charge in [-0.1, -0.05) is 20.3 Å². The Morgan fingerprint density at radius 1 is 0.950 bits per heavy atom. The second-order valence-corrected chi connectivity index (χ2v) is 8.36. The highest BCUT2D eigenvalue weighted by Gasteiger charge is 2.41. The van der Waals surface area contributed by atoms with Crippen molar-refractivity contribution in [1.82, 2.24) is 5.43 Å². The molecular weight excluding hydrogens is 244 g/mol. The van der Waals surface area contributed by atoms with Crippen LogP contribution in [0.2, 0.25) is 0 Å². The molecule has 3 aliphatic carbocycles. The number of hydrazine groups is 1. The number of nitrogens with one attached hydrogen (secondary N) is 1. The van der Waals surface area contributed by atoms with Crippen molar-refractivity contribution in [3.63, 3.8) is 0 Å². The van der Waals surface area contributed by atoms with Gasteiger partial charge >= 0.3 is 0 Å². The van der Waals surface area contributed by atoms with Crippen molar-refractivity contribution in [2.45, 2.75) is 77.7 Å². The van der Waals surface area contributed by atoms with Crippen LogP contribution in [-0.4, -0.2) is 6.04 Å². The van der Waals surface area contributed by atoms with Crippen LogP contribution in [0.25, 0.3) is 0 Å². The van der Waals surface area contributed by atoms with E-state index >= 15 is 0 Å². The lowest BCUT2D eigenvalue weighted by Crippen LogP contribution is -2.44. The molecule has 3 rings (SSSR count). The fourth-order valence-corrected chi connectivity index (χ4v) is 5.60. The van der Waals surface area contributed by atoms with Gasteiger partial charge in [-0.3, -0.25) is 11.3 Å². The quantitative estimate of drug-likeness (QED) is 0.587. The third kappa shape index (κ3) is 3.06. The molecule has 0 aromatic heterocycles. The smallest absolute Gasteiger partial charge is 0.0241 e. The fraction of sp³-hybridized carbons (Fsp3) is 1.00. The van der Waals surface area contributed by atoms with E-state index in [1.807, 2.05) is 0 Å². The molecule has 116 valence electrons. The van der Waals surface area contributed by atoms with Gasteiger partial charge in [-0.25, -0.2) is 0 Å². The molecule has 0 heterocycles. The van der Waals surface area contributed by atoms with Crippen molar-refractivity contribution >= 4 is 0 Å². The fourth-order valence-electron chi connectivity index (χ4n) is 5.60. The lowest BCUT2D eigenvalue weighted by atomic mass is 9.72. The second-order valence-electron chi connectivity index (χ2n) is 8.36. The first kappa shape index (κ1) is 14.8. The van der Waals surface area contributed by atoms with Gasteiger partial charge in [0.25, 0.3) is 0 Å². The van der Waals surface area contributed by atoms with Crippen molar-refractivity contribution in [3.8, 4) is 0 Å². The molecule has 0 amide bonds. The Kier molecular flexibility index (Phi) is 4.72. The predicted molar refractivity (Wildman–Crippen MR) is 85.0 cm³/mol. The first-order chi connectivity index (χ1) is 9.67. The number of rotatable bonds is 5. The average molecular weight is 278 g/mol. The lowest BCUT2D eigenvalue weighted by Gasteiger charge is -2.37. The Balaban J connectivity index is 1.50. The van der Waals surface area contributed by atoms with Crippen molar-refractivity contribution in [3.05, 3.63) is 0 Å². The van der Waals surface area contributed by atoms with Crippen LogP contribution >= 0.6 is 0 Å². The monoisotopic (exact) mass is 278 g/mol. The van der Waals surface area contributed by atoms with Crippen LogP contribution in [-0.2, 0) is 0 Å². The summed E-state index contributed by atoms with van der Waals surface area (Å²) in [6, 6.07) is 0.590. The summed E-state index contributed by atoms with van der Waals surface area (Å²) in [4.78, 5) is 0. The summed E-state index contributed by atoms with van der Waals surface area (Å²) in [5, 5.41) is 0. The maximum Gasteiger partial charge on any atom is 0.0241 e. The van der Waals surface area contributed by atoms with Gasteiger partial charge in [0.05, 0.1) is 0 Å². The molecule has 0 spiro atoms. The Morgan fingerprint density at radius 3 is 2.15 bits per heavy atom. The Labute approximate surface area is 125 Å². The Morgan fingerprint density at radius 2 is 1.65 bits per heavy atom. The van der Waals surface area contributed by atoms with Crippen LogP contribution in [0.4, 0.5) is 0 Å². The van der Waals surface area contributed by atoms with Crippen molar-refractivity contribution in [1.29, 1.82) is 0 Å². The molecule has 0 saturated heterocycles. The summed E-state index contributed by atoms with van der Waals surface area (Å²) in [5.74, 6) is 11.7. The highest BCUT2D eigenvalue weighted by atomic mass is 15.2. The zero-order valence-electron chi connectivity index (χ0n) is 13.5. The number of nitrogens with two attached hydrogens (primary N) is 1. The van der Waals surface area contributed by atoms with E-state index < -0.39 is 0 Å². The molecule has 2 bridgehead atoms. The summed E-state index contributed by atoms with van der Waals surface area (Å²) in [6.45, 7) is 4.78. The van der Waals surface area contributed by atoms with Gasteiger partial charge < -0.3 is 0 Å². The molecule has 0 aromatic rings. The minimum Gasteiger partial charge on any atom is -0.271 e. The predicted octanol–water partition coefficient (Wildman–Crippen LogP) is 4.11. The minimum absolute atomic E-state index is 0.590. The van der Waals surface area contributed by atoms with Gasteiger partial charge in [0.1, 0.15) is 0 Å². The molecule has 3 aliphatic rings. The maximum atomic E-state index is 5.92. The highest BCUT2D eigenvalue weighted by molar-refractivity contribution is 4.93. The third-order valence-electron chi connectivity index (χ3n) is 6.98. The first-order valence-corrected chi connectivity index (χ1v) is 9.13. The van der Waals surface area contributed by atoms with Crippen LogP contribution in [0.15, 0.2) is 0 Å². The van der Waals surface area contributed by atoms with Crippen LogP contribution < -0.4 is 11.3 Å². The summed E-state index contributed by atoms with van der Waals surface area (Å²) in [5.41, 5.74) is 3.20. The largest absolute Gasteiger partial charge is 0.271 e. The first-order valence-electron chi connectivity index (χ1n) is 9.13. The summed E-state index contributed by atoms with van der Waals surface area (Å²) in [7, 11) is 0. The van der Waals surface area contributed by atoms with E-state index in [-0.39, 0.29) is 0 Å². The van der Waals surface area contributed by atoms with Gasteiger partial charge in [-0.2, -0.15) is 0 Å². The molecular formula is C18H34N2. The number of hydrogen-bond donors (Lipinski definition) is 2. The standard InChI is InChI=1S/C18H34N2/c1-12(2)14-5-7-15(8-6-14)18(20-19)11-17-10-13-3-4-16(17)9-13/h12-18,20H,3-11,19H2,1-2H3. The molecule has 0 radical (unpaired) electrons. The van der Waals surface area contributed by atoms with Gasteiger partial charge in [0.2, 0.25) is 0 Å². The van der Waals surface area contributed by atoms with Crippen molar-refractivity contribution in [2.75, 3.05) is 0 Å². The van der Waals surface area contributed by atoms with Gasteiger partial charge in [-0.15, -0.1) is 0 Å². The molecule has 20 heavy (non-hydrogen) atoms. The molecule has 3 saturated carbocycles. The van der Waals surface area contributed by atoms with Gasteiger partial charge in [-0.05, 0) is 86.9 Å². The molecule has 2 heteroatoms. The maximum absolute atomic E-state index is 5.92. The van der Waals surface area contributed by atoms with E-state index in [4.69, 9.17) is 5.84 Å². The average Bonchev–Trinajstić information content (AvgIpc) is 3.07. The highest BCUT2D eigenvalue weighted by Crippen LogP contribution is 2.50. The molecule has 0 aromatic carbocycles. The van der Waals surface area contributed by atoms with Gasteiger partial charge in [0, 0.05) is 6.04 Å². The Bertz CT molecular complexity index is 307. The Hall–Kier alpha value is -0.0800.